The molecular weight excluding hydrogens is 154 g/mol. The van der Waals surface area contributed by atoms with Crippen LogP contribution in [0.1, 0.15) is 27.2 Å². The fourth-order valence-corrected chi connectivity index (χ4v) is 0.837. The average Bonchev–Trinajstić information content (AvgIpc) is 1.84. The van der Waals surface area contributed by atoms with Gasteiger partial charge in [-0.15, -0.1) is 0 Å². The van der Waals surface area contributed by atoms with Crippen molar-refractivity contribution < 1.29 is 9.53 Å². The highest BCUT2D eigenvalue weighted by molar-refractivity contribution is 5.76. The van der Waals surface area contributed by atoms with E-state index in [0.717, 1.165) is 0 Å². The van der Waals surface area contributed by atoms with Crippen molar-refractivity contribution in [2.75, 3.05) is 20.3 Å². The molecule has 0 aliphatic rings. The van der Waals surface area contributed by atoms with Crippen LogP contribution in [0.15, 0.2) is 0 Å². The third kappa shape index (κ3) is 7.54. The van der Waals surface area contributed by atoms with E-state index >= 15 is 0 Å². The molecule has 0 unspecified atom stereocenters. The summed E-state index contributed by atoms with van der Waals surface area (Å²) in [6.07, 6.45) is 0.566. The number of carbonyl (C=O) groups excluding carboxylic acids is 1. The van der Waals surface area contributed by atoms with Crippen LogP contribution in [0.2, 0.25) is 0 Å². The summed E-state index contributed by atoms with van der Waals surface area (Å²) >= 11 is 0. The molecule has 0 bridgehead atoms. The minimum Gasteiger partial charge on any atom is -0.383 e. The topological polar surface area (TPSA) is 38.3 Å². The van der Waals surface area contributed by atoms with E-state index in [9.17, 15) is 4.79 Å². The predicted octanol–water partition coefficient (Wildman–Crippen LogP) is 1.19. The van der Waals surface area contributed by atoms with E-state index in [0.29, 0.717) is 19.6 Å². The van der Waals surface area contributed by atoms with Crippen LogP contribution < -0.4 is 5.32 Å². The summed E-state index contributed by atoms with van der Waals surface area (Å²) in [4.78, 5) is 11.2. The zero-order valence-corrected chi connectivity index (χ0v) is 8.44. The first-order valence-corrected chi connectivity index (χ1v) is 4.21. The lowest BCUT2D eigenvalue weighted by Crippen LogP contribution is -2.30. The van der Waals surface area contributed by atoms with Crippen LogP contribution in [0.5, 0.6) is 0 Å². The molecule has 0 aromatic heterocycles. The lowest BCUT2D eigenvalue weighted by molar-refractivity contribution is -0.122. The van der Waals surface area contributed by atoms with Gasteiger partial charge in [-0.3, -0.25) is 4.79 Å². The van der Waals surface area contributed by atoms with Gasteiger partial charge in [0, 0.05) is 20.1 Å². The smallest absolute Gasteiger partial charge is 0.220 e. The number of amides is 1. The lowest BCUT2D eigenvalue weighted by atomic mass is 9.92. The maximum Gasteiger partial charge on any atom is 0.220 e. The number of hydrogen-bond acceptors (Lipinski definition) is 2. The Hall–Kier alpha value is -0.570. The fraction of sp³-hybridized carbons (Fsp3) is 0.889. The Morgan fingerprint density at radius 1 is 1.42 bits per heavy atom. The van der Waals surface area contributed by atoms with Crippen LogP contribution in [0.25, 0.3) is 0 Å². The highest BCUT2D eigenvalue weighted by atomic mass is 16.5. The number of nitrogens with one attached hydrogen (secondary N) is 1. The molecule has 0 aromatic rings. The van der Waals surface area contributed by atoms with Crippen molar-refractivity contribution in [2.24, 2.45) is 5.41 Å². The van der Waals surface area contributed by atoms with Gasteiger partial charge in [-0.1, -0.05) is 20.8 Å². The SMILES string of the molecule is COCCNC(=O)CC(C)(C)C. The Bertz CT molecular complexity index is 138. The van der Waals surface area contributed by atoms with Crippen molar-refractivity contribution in [3.8, 4) is 0 Å². The highest BCUT2D eigenvalue weighted by Gasteiger charge is 2.14. The van der Waals surface area contributed by atoms with Gasteiger partial charge >= 0.3 is 0 Å². The molecule has 0 heterocycles. The Morgan fingerprint density at radius 3 is 2.42 bits per heavy atom. The third-order valence-corrected chi connectivity index (χ3v) is 1.32. The predicted molar refractivity (Wildman–Crippen MR) is 49.0 cm³/mol. The summed E-state index contributed by atoms with van der Waals surface area (Å²) < 4.78 is 4.81. The summed E-state index contributed by atoms with van der Waals surface area (Å²) in [6, 6.07) is 0. The zero-order valence-electron chi connectivity index (χ0n) is 8.44. The molecule has 0 aliphatic carbocycles. The molecule has 0 rings (SSSR count). The monoisotopic (exact) mass is 173 g/mol. The number of carbonyl (C=O) groups is 1. The molecule has 72 valence electrons. The second kappa shape index (κ2) is 5.14. The van der Waals surface area contributed by atoms with Crippen molar-refractivity contribution in [2.45, 2.75) is 27.2 Å². The van der Waals surface area contributed by atoms with Crippen molar-refractivity contribution in [1.29, 1.82) is 0 Å². The number of methoxy groups -OCH3 is 1. The first-order valence-electron chi connectivity index (χ1n) is 4.21. The molecule has 3 nitrogen and oxygen atoms in total. The van der Waals surface area contributed by atoms with Crippen LogP contribution >= 0.6 is 0 Å². The van der Waals surface area contributed by atoms with Gasteiger partial charge < -0.3 is 10.1 Å². The van der Waals surface area contributed by atoms with E-state index in [1.54, 1.807) is 7.11 Å². The molecule has 0 saturated carbocycles. The van der Waals surface area contributed by atoms with E-state index in [1.165, 1.54) is 0 Å². The maximum absolute atomic E-state index is 11.2. The molecule has 0 aromatic carbocycles. The van der Waals surface area contributed by atoms with Crippen LogP contribution in [0, 0.1) is 5.41 Å². The number of rotatable bonds is 4. The van der Waals surface area contributed by atoms with Crippen LogP contribution in [0.3, 0.4) is 0 Å². The Kier molecular flexibility index (Phi) is 4.90. The molecule has 0 aliphatic heterocycles. The Labute approximate surface area is 74.5 Å². The molecule has 0 spiro atoms. The largest absolute Gasteiger partial charge is 0.383 e. The molecule has 12 heavy (non-hydrogen) atoms. The first kappa shape index (κ1) is 11.4. The van der Waals surface area contributed by atoms with Crippen LogP contribution in [0.4, 0.5) is 0 Å². The second-order valence-corrected chi connectivity index (χ2v) is 4.08. The third-order valence-electron chi connectivity index (χ3n) is 1.32. The van der Waals surface area contributed by atoms with E-state index < -0.39 is 0 Å². The van der Waals surface area contributed by atoms with Crippen molar-refractivity contribution in [3.63, 3.8) is 0 Å². The van der Waals surface area contributed by atoms with E-state index in [2.05, 4.69) is 5.32 Å². The fourth-order valence-electron chi connectivity index (χ4n) is 0.837. The molecule has 1 amide bonds. The summed E-state index contributed by atoms with van der Waals surface area (Å²) in [7, 11) is 1.62. The molecule has 0 radical (unpaired) electrons. The molecule has 0 saturated heterocycles. The van der Waals surface area contributed by atoms with E-state index in [1.807, 2.05) is 20.8 Å². The summed E-state index contributed by atoms with van der Waals surface area (Å²) in [6.45, 7) is 7.32. The lowest BCUT2D eigenvalue weighted by Gasteiger charge is -2.16. The normalized spacial score (nSPS) is 11.3. The summed E-state index contributed by atoms with van der Waals surface area (Å²) in [5, 5.41) is 2.78. The van der Waals surface area contributed by atoms with Gasteiger partial charge in [-0.25, -0.2) is 0 Å². The number of hydrogen-bond donors (Lipinski definition) is 1. The van der Waals surface area contributed by atoms with Gasteiger partial charge in [0.1, 0.15) is 0 Å². The van der Waals surface area contributed by atoms with Crippen molar-refractivity contribution in [1.82, 2.24) is 5.32 Å². The van der Waals surface area contributed by atoms with E-state index in [-0.39, 0.29) is 11.3 Å². The second-order valence-electron chi connectivity index (χ2n) is 4.08. The van der Waals surface area contributed by atoms with E-state index in [4.69, 9.17) is 4.74 Å². The Morgan fingerprint density at radius 2 is 2.00 bits per heavy atom. The van der Waals surface area contributed by atoms with Crippen LogP contribution in [-0.2, 0) is 9.53 Å². The van der Waals surface area contributed by atoms with Gasteiger partial charge in [-0.2, -0.15) is 0 Å². The van der Waals surface area contributed by atoms with Gasteiger partial charge in [0.25, 0.3) is 0 Å². The molecule has 3 heteroatoms. The molecule has 1 N–H and O–H groups in total. The molecule has 0 atom stereocenters. The summed E-state index contributed by atoms with van der Waals surface area (Å²) in [5.74, 6) is 0.0968. The van der Waals surface area contributed by atoms with Gasteiger partial charge in [0.05, 0.1) is 6.61 Å². The van der Waals surface area contributed by atoms with Gasteiger partial charge in [0.15, 0.2) is 0 Å². The highest BCUT2D eigenvalue weighted by Crippen LogP contribution is 2.17. The first-order chi connectivity index (χ1) is 5.45. The average molecular weight is 173 g/mol. The maximum atomic E-state index is 11.2. The van der Waals surface area contributed by atoms with Crippen LogP contribution in [-0.4, -0.2) is 26.2 Å². The minimum absolute atomic E-state index is 0.0666. The molecule has 0 fully saturated rings. The zero-order chi connectivity index (χ0) is 9.61. The Balaban J connectivity index is 3.47. The van der Waals surface area contributed by atoms with Gasteiger partial charge in [-0.05, 0) is 5.41 Å². The van der Waals surface area contributed by atoms with Crippen molar-refractivity contribution in [3.05, 3.63) is 0 Å². The molecular formula is C9H19NO2. The summed E-state index contributed by atoms with van der Waals surface area (Å²) in [5.41, 5.74) is 0.0666. The standard InChI is InChI=1S/C9H19NO2/c1-9(2,3)7-8(11)10-5-6-12-4/h5-7H2,1-4H3,(H,10,11). The van der Waals surface area contributed by atoms with Gasteiger partial charge in [0.2, 0.25) is 5.91 Å². The quantitative estimate of drug-likeness (QED) is 0.648. The minimum atomic E-state index is 0.0666. The number of ether oxygens (including phenoxy) is 1. The van der Waals surface area contributed by atoms with Crippen molar-refractivity contribution >= 4 is 5.91 Å².